The van der Waals surface area contributed by atoms with Crippen molar-refractivity contribution in [1.29, 1.82) is 0 Å². The molecule has 2 aliphatic rings. The summed E-state index contributed by atoms with van der Waals surface area (Å²) < 4.78 is 5.55. The molecule has 17 heavy (non-hydrogen) atoms. The van der Waals surface area contributed by atoms with Crippen molar-refractivity contribution in [2.75, 3.05) is 31.2 Å². The lowest BCUT2D eigenvalue weighted by atomic mass is 10.1. The summed E-state index contributed by atoms with van der Waals surface area (Å²) in [6, 6.07) is 0.571. The second-order valence-corrected chi connectivity index (χ2v) is 6.12. The molecule has 0 saturated carbocycles. The van der Waals surface area contributed by atoms with Crippen molar-refractivity contribution < 1.29 is 9.53 Å². The Labute approximate surface area is 107 Å². The van der Waals surface area contributed by atoms with Crippen LogP contribution in [0.1, 0.15) is 20.3 Å². The highest BCUT2D eigenvalue weighted by Crippen LogP contribution is 2.16. The summed E-state index contributed by atoms with van der Waals surface area (Å²) in [5.74, 6) is 2.49. The van der Waals surface area contributed by atoms with Crippen LogP contribution in [0.5, 0.6) is 0 Å². The van der Waals surface area contributed by atoms with E-state index in [0.29, 0.717) is 19.1 Å². The lowest BCUT2D eigenvalue weighted by Gasteiger charge is -2.37. The maximum absolute atomic E-state index is 12.2. The van der Waals surface area contributed by atoms with Gasteiger partial charge in [0.2, 0.25) is 5.91 Å². The van der Waals surface area contributed by atoms with Gasteiger partial charge in [0.25, 0.3) is 0 Å². The maximum atomic E-state index is 12.2. The maximum Gasteiger partial charge on any atom is 0.224 e. The lowest BCUT2D eigenvalue weighted by Crippen LogP contribution is -2.52. The molecule has 2 rings (SSSR count). The van der Waals surface area contributed by atoms with Crippen molar-refractivity contribution in [2.24, 2.45) is 0 Å². The van der Waals surface area contributed by atoms with Crippen LogP contribution in [0.2, 0.25) is 0 Å². The fourth-order valence-electron chi connectivity index (χ4n) is 2.33. The quantitative estimate of drug-likeness (QED) is 0.792. The van der Waals surface area contributed by atoms with E-state index in [1.165, 1.54) is 0 Å². The van der Waals surface area contributed by atoms with Crippen molar-refractivity contribution in [3.8, 4) is 0 Å². The first-order valence-electron chi connectivity index (χ1n) is 6.39. The second kappa shape index (κ2) is 6.07. The van der Waals surface area contributed by atoms with E-state index >= 15 is 0 Å². The molecule has 1 amide bonds. The molecule has 3 atom stereocenters. The zero-order valence-corrected chi connectivity index (χ0v) is 11.5. The first-order chi connectivity index (χ1) is 8.16. The molecule has 98 valence electrons. The molecule has 2 aliphatic heterocycles. The number of ether oxygens (including phenoxy) is 1. The summed E-state index contributed by atoms with van der Waals surface area (Å²) in [6.45, 7) is 6.52. The van der Waals surface area contributed by atoms with Crippen molar-refractivity contribution >= 4 is 17.7 Å². The number of nitrogens with zero attached hydrogens (tertiary/aromatic N) is 1. The normalized spacial score (nSPS) is 34.7. The van der Waals surface area contributed by atoms with Crippen molar-refractivity contribution in [3.05, 3.63) is 0 Å². The number of carbonyl (C=O) groups excluding carboxylic acids is 1. The Morgan fingerprint density at radius 2 is 2.35 bits per heavy atom. The van der Waals surface area contributed by atoms with Crippen molar-refractivity contribution in [1.82, 2.24) is 10.2 Å². The molecule has 0 aromatic rings. The van der Waals surface area contributed by atoms with E-state index in [9.17, 15) is 4.79 Å². The van der Waals surface area contributed by atoms with E-state index in [1.807, 2.05) is 23.6 Å². The van der Waals surface area contributed by atoms with Crippen LogP contribution < -0.4 is 5.32 Å². The highest BCUT2D eigenvalue weighted by Gasteiger charge is 2.29. The van der Waals surface area contributed by atoms with Crippen LogP contribution in [0, 0.1) is 0 Å². The number of thioether (sulfide) groups is 1. The Morgan fingerprint density at radius 1 is 1.53 bits per heavy atom. The fourth-order valence-corrected chi connectivity index (χ4v) is 3.28. The molecule has 0 bridgehead atoms. The largest absolute Gasteiger partial charge is 0.375 e. The average molecular weight is 258 g/mol. The monoisotopic (exact) mass is 258 g/mol. The number of nitrogens with one attached hydrogen (secondary N) is 1. The van der Waals surface area contributed by atoms with E-state index < -0.39 is 0 Å². The van der Waals surface area contributed by atoms with Gasteiger partial charge < -0.3 is 15.0 Å². The Morgan fingerprint density at radius 3 is 3.06 bits per heavy atom. The zero-order valence-electron chi connectivity index (χ0n) is 10.6. The molecule has 2 heterocycles. The third kappa shape index (κ3) is 3.60. The van der Waals surface area contributed by atoms with Crippen LogP contribution in [0.15, 0.2) is 0 Å². The number of amides is 1. The van der Waals surface area contributed by atoms with Gasteiger partial charge in [-0.05, 0) is 13.8 Å². The molecule has 4 nitrogen and oxygen atoms in total. The Bertz CT molecular complexity index is 269. The first-order valence-corrected chi connectivity index (χ1v) is 7.54. The summed E-state index contributed by atoms with van der Waals surface area (Å²) >= 11 is 1.94. The van der Waals surface area contributed by atoms with Crippen LogP contribution in [0.4, 0.5) is 0 Å². The van der Waals surface area contributed by atoms with E-state index in [-0.39, 0.29) is 18.1 Å². The molecule has 2 saturated heterocycles. The van der Waals surface area contributed by atoms with Crippen LogP contribution in [0.25, 0.3) is 0 Å². The number of carbonyl (C=O) groups is 1. The second-order valence-electron chi connectivity index (χ2n) is 4.97. The highest BCUT2D eigenvalue weighted by atomic mass is 32.2. The fraction of sp³-hybridized carbons (Fsp3) is 0.917. The van der Waals surface area contributed by atoms with Gasteiger partial charge in [-0.15, -0.1) is 0 Å². The molecule has 0 spiro atoms. The SMILES string of the molecule is CC1CN(C(=O)CC2CSCCN2)C(C)CO1. The van der Waals surface area contributed by atoms with Crippen LogP contribution >= 0.6 is 11.8 Å². The number of hydrogen-bond acceptors (Lipinski definition) is 4. The molecule has 5 heteroatoms. The van der Waals surface area contributed by atoms with Gasteiger partial charge in [-0.2, -0.15) is 11.8 Å². The third-order valence-corrected chi connectivity index (χ3v) is 4.48. The number of morpholine rings is 1. The van der Waals surface area contributed by atoms with Gasteiger partial charge in [-0.1, -0.05) is 0 Å². The van der Waals surface area contributed by atoms with E-state index in [2.05, 4.69) is 12.2 Å². The van der Waals surface area contributed by atoms with Crippen LogP contribution in [-0.4, -0.2) is 60.2 Å². The van der Waals surface area contributed by atoms with Crippen LogP contribution in [0.3, 0.4) is 0 Å². The average Bonchev–Trinajstić information content (AvgIpc) is 2.33. The smallest absolute Gasteiger partial charge is 0.224 e. The van der Waals surface area contributed by atoms with E-state index in [4.69, 9.17) is 4.74 Å². The number of rotatable bonds is 2. The number of hydrogen-bond donors (Lipinski definition) is 1. The third-order valence-electron chi connectivity index (χ3n) is 3.35. The molecular weight excluding hydrogens is 236 g/mol. The molecule has 3 unspecified atom stereocenters. The molecule has 0 aromatic carbocycles. The highest BCUT2D eigenvalue weighted by molar-refractivity contribution is 7.99. The van der Waals surface area contributed by atoms with Gasteiger partial charge in [0.1, 0.15) is 0 Å². The topological polar surface area (TPSA) is 41.6 Å². The Balaban J connectivity index is 1.85. The first kappa shape index (κ1) is 13.2. The summed E-state index contributed by atoms with van der Waals surface area (Å²) in [4.78, 5) is 14.2. The van der Waals surface area contributed by atoms with E-state index in [1.54, 1.807) is 0 Å². The Hall–Kier alpha value is -0.260. The van der Waals surface area contributed by atoms with Crippen LogP contribution in [-0.2, 0) is 9.53 Å². The molecule has 2 fully saturated rings. The molecule has 0 aliphatic carbocycles. The summed E-state index contributed by atoms with van der Waals surface area (Å²) in [7, 11) is 0. The van der Waals surface area contributed by atoms with Gasteiger partial charge in [0, 0.05) is 37.1 Å². The predicted octanol–water partition coefficient (Wildman–Crippen LogP) is 0.717. The summed E-state index contributed by atoms with van der Waals surface area (Å²) in [6.07, 6.45) is 0.799. The lowest BCUT2D eigenvalue weighted by molar-refractivity contribution is -0.143. The summed E-state index contributed by atoms with van der Waals surface area (Å²) in [5, 5.41) is 3.42. The van der Waals surface area contributed by atoms with Gasteiger partial charge in [0.05, 0.1) is 18.8 Å². The van der Waals surface area contributed by atoms with Crippen molar-refractivity contribution in [2.45, 2.75) is 38.5 Å². The molecule has 1 N–H and O–H groups in total. The minimum atomic E-state index is 0.170. The predicted molar refractivity (Wildman–Crippen MR) is 70.3 cm³/mol. The van der Waals surface area contributed by atoms with Gasteiger partial charge in [-0.3, -0.25) is 4.79 Å². The van der Waals surface area contributed by atoms with Gasteiger partial charge in [0.15, 0.2) is 0 Å². The zero-order chi connectivity index (χ0) is 12.3. The van der Waals surface area contributed by atoms with E-state index in [0.717, 1.165) is 24.6 Å². The molecule has 0 radical (unpaired) electrons. The minimum Gasteiger partial charge on any atom is -0.375 e. The molecular formula is C12H22N2O2S. The molecule has 0 aromatic heterocycles. The standard InChI is InChI=1S/C12H22N2O2S/c1-9-7-16-10(2)6-14(9)12(15)5-11-8-17-4-3-13-11/h9-11,13H,3-8H2,1-2H3. The summed E-state index contributed by atoms with van der Waals surface area (Å²) in [5.41, 5.74) is 0. The minimum absolute atomic E-state index is 0.170. The van der Waals surface area contributed by atoms with Crippen molar-refractivity contribution in [3.63, 3.8) is 0 Å². The Kier molecular flexibility index (Phi) is 4.70. The van der Waals surface area contributed by atoms with Gasteiger partial charge in [-0.25, -0.2) is 0 Å². The van der Waals surface area contributed by atoms with Gasteiger partial charge >= 0.3 is 0 Å².